The van der Waals surface area contributed by atoms with Crippen LogP contribution in [0.2, 0.25) is 0 Å². The molecule has 1 atom stereocenters. The Morgan fingerprint density at radius 3 is 2.55 bits per heavy atom. The summed E-state index contributed by atoms with van der Waals surface area (Å²) in [5, 5.41) is 18.7. The van der Waals surface area contributed by atoms with Crippen molar-refractivity contribution in [3.05, 3.63) is 17.6 Å². The van der Waals surface area contributed by atoms with E-state index >= 15 is 0 Å². The molecular weight excluding hydrogens is 286 g/mol. The smallest absolute Gasteiger partial charge is 0.371 e. The molecule has 0 fully saturated rings. The molecule has 1 aromatic rings. The average Bonchev–Trinajstić information content (AvgIpc) is 2.70. The van der Waals surface area contributed by atoms with E-state index in [4.69, 9.17) is 9.52 Å². The van der Waals surface area contributed by atoms with Gasteiger partial charge in [0.15, 0.2) is 0 Å². The number of aryl methyl sites for hydroxylation is 1. The molecule has 1 heterocycles. The van der Waals surface area contributed by atoms with E-state index in [1.807, 2.05) is 6.92 Å². The molecule has 20 heavy (non-hydrogen) atoms. The van der Waals surface area contributed by atoms with Gasteiger partial charge < -0.3 is 14.6 Å². The zero-order valence-corrected chi connectivity index (χ0v) is 12.5. The van der Waals surface area contributed by atoms with Gasteiger partial charge in [0.1, 0.15) is 10.7 Å². The van der Waals surface area contributed by atoms with E-state index in [1.165, 1.54) is 13.8 Å². The molecule has 7 nitrogen and oxygen atoms in total. The van der Waals surface area contributed by atoms with Crippen LogP contribution in [0.4, 0.5) is 0 Å². The van der Waals surface area contributed by atoms with Crippen molar-refractivity contribution in [1.82, 2.24) is 4.72 Å². The van der Waals surface area contributed by atoms with Crippen LogP contribution >= 0.6 is 0 Å². The van der Waals surface area contributed by atoms with Gasteiger partial charge in [-0.15, -0.1) is 0 Å². The molecule has 0 saturated carbocycles. The predicted molar refractivity (Wildman–Crippen MR) is 71.1 cm³/mol. The minimum Gasteiger partial charge on any atom is -0.475 e. The van der Waals surface area contributed by atoms with Gasteiger partial charge in [0.05, 0.1) is 5.60 Å². The highest BCUT2D eigenvalue weighted by Crippen LogP contribution is 2.20. The van der Waals surface area contributed by atoms with Crippen molar-refractivity contribution < 1.29 is 27.8 Å². The number of hydrogen-bond acceptors (Lipinski definition) is 5. The van der Waals surface area contributed by atoms with E-state index in [-0.39, 0.29) is 17.2 Å². The monoisotopic (exact) mass is 305 g/mol. The van der Waals surface area contributed by atoms with E-state index in [2.05, 4.69) is 4.72 Å². The van der Waals surface area contributed by atoms with E-state index in [0.717, 1.165) is 6.07 Å². The average molecular weight is 305 g/mol. The molecule has 0 spiro atoms. The fourth-order valence-electron chi connectivity index (χ4n) is 1.79. The fourth-order valence-corrected chi connectivity index (χ4v) is 3.13. The number of nitrogens with one attached hydrogen (secondary N) is 1. The van der Waals surface area contributed by atoms with Crippen molar-refractivity contribution in [2.45, 2.75) is 44.1 Å². The largest absolute Gasteiger partial charge is 0.475 e. The second-order valence-corrected chi connectivity index (χ2v) is 6.64. The quantitative estimate of drug-likeness (QED) is 0.695. The molecule has 1 rings (SSSR count). The Balaban J connectivity index is 2.92. The molecule has 3 N–H and O–H groups in total. The van der Waals surface area contributed by atoms with Gasteiger partial charge in [0.25, 0.3) is 0 Å². The Morgan fingerprint density at radius 2 is 2.10 bits per heavy atom. The van der Waals surface area contributed by atoms with Crippen LogP contribution in [-0.4, -0.2) is 36.7 Å². The molecular formula is C12H19NO6S. The van der Waals surface area contributed by atoms with Gasteiger partial charge in [-0.1, -0.05) is 13.3 Å². The first-order valence-corrected chi connectivity index (χ1v) is 7.63. The van der Waals surface area contributed by atoms with Crippen LogP contribution in [0, 0.1) is 6.92 Å². The van der Waals surface area contributed by atoms with Crippen LogP contribution < -0.4 is 4.72 Å². The number of furan rings is 1. The van der Waals surface area contributed by atoms with Crippen LogP contribution in [0.25, 0.3) is 0 Å². The van der Waals surface area contributed by atoms with Crippen molar-refractivity contribution in [2.24, 2.45) is 0 Å². The second kappa shape index (κ2) is 5.94. The standard InChI is InChI=1S/C12H19NO6S/c1-4-5-12(3,16)7-13-20(17,18)10-6-9(11(14)15)19-8(10)2/h6,13,16H,4-5,7H2,1-3H3,(H,14,15). The summed E-state index contributed by atoms with van der Waals surface area (Å²) < 4.78 is 31.3. The van der Waals surface area contributed by atoms with Crippen molar-refractivity contribution in [1.29, 1.82) is 0 Å². The zero-order valence-electron chi connectivity index (χ0n) is 11.6. The molecule has 0 aliphatic heterocycles. The lowest BCUT2D eigenvalue weighted by Crippen LogP contribution is -2.40. The first kappa shape index (κ1) is 16.7. The van der Waals surface area contributed by atoms with Gasteiger partial charge >= 0.3 is 5.97 Å². The lowest BCUT2D eigenvalue weighted by molar-refractivity contribution is 0.0554. The Labute approximate surface area is 117 Å². The SMILES string of the molecule is CCCC(C)(O)CNS(=O)(=O)c1cc(C(=O)O)oc1C. The van der Waals surface area contributed by atoms with Gasteiger partial charge in [0, 0.05) is 12.6 Å². The highest BCUT2D eigenvalue weighted by atomic mass is 32.2. The third-order valence-corrected chi connectivity index (χ3v) is 4.31. The highest BCUT2D eigenvalue weighted by molar-refractivity contribution is 7.89. The Hall–Kier alpha value is -1.38. The molecule has 1 unspecified atom stereocenters. The molecule has 1 aromatic heterocycles. The molecule has 0 bridgehead atoms. The number of carboxylic acid groups (broad SMARTS) is 1. The Kier molecular flexibility index (Phi) is 4.95. The number of sulfonamides is 1. The van der Waals surface area contributed by atoms with Crippen molar-refractivity contribution in [3.8, 4) is 0 Å². The lowest BCUT2D eigenvalue weighted by atomic mass is 10.0. The van der Waals surface area contributed by atoms with Gasteiger partial charge in [0.2, 0.25) is 15.8 Å². The van der Waals surface area contributed by atoms with Crippen LogP contribution in [0.3, 0.4) is 0 Å². The van der Waals surface area contributed by atoms with Crippen molar-refractivity contribution in [2.75, 3.05) is 6.54 Å². The minimum absolute atomic E-state index is 0.00923. The summed E-state index contributed by atoms with van der Waals surface area (Å²) in [4.78, 5) is 10.5. The van der Waals surface area contributed by atoms with Crippen molar-refractivity contribution >= 4 is 16.0 Å². The number of aliphatic hydroxyl groups is 1. The molecule has 0 amide bonds. The maximum Gasteiger partial charge on any atom is 0.371 e. The van der Waals surface area contributed by atoms with Crippen LogP contribution in [0.1, 0.15) is 43.0 Å². The third-order valence-electron chi connectivity index (χ3n) is 2.80. The normalized spacial score (nSPS) is 15.0. The first-order valence-electron chi connectivity index (χ1n) is 6.15. The number of carboxylic acids is 1. The number of rotatable bonds is 7. The van der Waals surface area contributed by atoms with E-state index < -0.39 is 27.4 Å². The summed E-state index contributed by atoms with van der Waals surface area (Å²) in [7, 11) is -3.92. The number of aromatic carboxylic acids is 1. The minimum atomic E-state index is -3.92. The maximum atomic E-state index is 12.1. The maximum absolute atomic E-state index is 12.1. The van der Waals surface area contributed by atoms with Gasteiger partial charge in [-0.3, -0.25) is 0 Å². The lowest BCUT2D eigenvalue weighted by Gasteiger charge is -2.22. The molecule has 0 radical (unpaired) electrons. The first-order chi connectivity index (χ1) is 9.09. The zero-order chi connectivity index (χ0) is 15.6. The second-order valence-electron chi connectivity index (χ2n) is 4.91. The molecule has 0 saturated heterocycles. The number of carbonyl (C=O) groups is 1. The van der Waals surface area contributed by atoms with Crippen LogP contribution in [0.5, 0.6) is 0 Å². The summed E-state index contributed by atoms with van der Waals surface area (Å²) in [6, 6.07) is 0.953. The molecule has 0 aliphatic rings. The van der Waals surface area contributed by atoms with E-state index in [9.17, 15) is 18.3 Å². The van der Waals surface area contributed by atoms with Gasteiger partial charge in [-0.25, -0.2) is 17.9 Å². The van der Waals surface area contributed by atoms with E-state index in [1.54, 1.807) is 0 Å². The molecule has 0 aliphatic carbocycles. The summed E-state index contributed by atoms with van der Waals surface area (Å²) in [6.07, 6.45) is 1.16. The summed E-state index contributed by atoms with van der Waals surface area (Å²) in [5.41, 5.74) is -1.16. The van der Waals surface area contributed by atoms with E-state index in [0.29, 0.717) is 12.8 Å². The molecule has 114 valence electrons. The Morgan fingerprint density at radius 1 is 1.50 bits per heavy atom. The third kappa shape index (κ3) is 4.06. The summed E-state index contributed by atoms with van der Waals surface area (Å²) in [5.74, 6) is -1.79. The van der Waals surface area contributed by atoms with Gasteiger partial charge in [-0.2, -0.15) is 0 Å². The number of hydrogen-bond donors (Lipinski definition) is 3. The van der Waals surface area contributed by atoms with Gasteiger partial charge in [-0.05, 0) is 20.3 Å². The van der Waals surface area contributed by atoms with Crippen molar-refractivity contribution in [3.63, 3.8) is 0 Å². The highest BCUT2D eigenvalue weighted by Gasteiger charge is 2.27. The Bertz CT molecular complexity index is 587. The molecule has 8 heteroatoms. The summed E-state index contributed by atoms with van der Waals surface area (Å²) in [6.45, 7) is 4.62. The molecule has 0 aromatic carbocycles. The van der Waals surface area contributed by atoms with Crippen LogP contribution in [-0.2, 0) is 10.0 Å². The topological polar surface area (TPSA) is 117 Å². The fraction of sp³-hybridized carbons (Fsp3) is 0.583. The summed E-state index contributed by atoms with van der Waals surface area (Å²) >= 11 is 0. The predicted octanol–water partition coefficient (Wildman–Crippen LogP) is 1.12. The van der Waals surface area contributed by atoms with Crippen LogP contribution in [0.15, 0.2) is 15.4 Å².